The second-order valence-electron chi connectivity index (χ2n) is 4.17. The number of benzene rings is 1. The van der Waals surface area contributed by atoms with Crippen LogP contribution in [0.1, 0.15) is 6.42 Å². The third-order valence-electron chi connectivity index (χ3n) is 2.81. The summed E-state index contributed by atoms with van der Waals surface area (Å²) >= 11 is 13.7. The van der Waals surface area contributed by atoms with E-state index in [4.69, 9.17) is 23.2 Å². The Morgan fingerprint density at radius 1 is 1.41 bits per heavy atom. The first-order valence-electron chi connectivity index (χ1n) is 5.63. The number of aliphatic hydroxyl groups excluding tert-OH is 1. The number of β-amino-alcohol motifs (C(OH)–C–C–N with tert-alkyl or cyclic N) is 1. The zero-order valence-corrected chi connectivity index (χ0v) is 11.7. The minimum atomic E-state index is -0.144. The molecule has 2 nitrogen and oxygen atoms in total. The molecule has 1 saturated heterocycles. The summed E-state index contributed by atoms with van der Waals surface area (Å²) in [7, 11) is 0. The molecule has 0 bridgehead atoms. The fourth-order valence-electron chi connectivity index (χ4n) is 1.89. The summed E-state index contributed by atoms with van der Waals surface area (Å²) in [5.41, 5.74) is 0. The molecule has 5 heteroatoms. The van der Waals surface area contributed by atoms with Crippen LogP contribution in [0.4, 0.5) is 0 Å². The number of nitrogens with zero attached hydrogens (tertiary/aromatic N) is 1. The maximum absolute atomic E-state index is 9.41. The molecule has 0 amide bonds. The van der Waals surface area contributed by atoms with Crippen LogP contribution < -0.4 is 0 Å². The summed E-state index contributed by atoms with van der Waals surface area (Å²) in [6.07, 6.45) is 0.748. The third kappa shape index (κ3) is 4.04. The lowest BCUT2D eigenvalue weighted by atomic mass is 10.3. The van der Waals surface area contributed by atoms with Crippen LogP contribution in [0.2, 0.25) is 10.0 Å². The molecule has 1 atom stereocenters. The van der Waals surface area contributed by atoms with E-state index >= 15 is 0 Å². The van der Waals surface area contributed by atoms with Crippen LogP contribution in [0.3, 0.4) is 0 Å². The van der Waals surface area contributed by atoms with Crippen molar-refractivity contribution in [2.75, 3.05) is 25.4 Å². The fraction of sp³-hybridized carbons (Fsp3) is 0.500. The molecule has 1 aromatic carbocycles. The van der Waals surface area contributed by atoms with Gasteiger partial charge in [0.2, 0.25) is 0 Å². The SMILES string of the molecule is OC1CCN(CCSc2cc(Cl)ccc2Cl)C1. The van der Waals surface area contributed by atoms with E-state index in [0.29, 0.717) is 5.02 Å². The van der Waals surface area contributed by atoms with Gasteiger partial charge in [0.1, 0.15) is 0 Å². The van der Waals surface area contributed by atoms with Gasteiger partial charge in [0.05, 0.1) is 11.1 Å². The van der Waals surface area contributed by atoms with Crippen LogP contribution in [0, 0.1) is 0 Å². The Balaban J connectivity index is 1.80. The number of rotatable bonds is 4. The second kappa shape index (κ2) is 6.30. The molecule has 1 aliphatic rings. The van der Waals surface area contributed by atoms with Gasteiger partial charge >= 0.3 is 0 Å². The molecule has 1 fully saturated rings. The van der Waals surface area contributed by atoms with E-state index in [1.807, 2.05) is 12.1 Å². The van der Waals surface area contributed by atoms with Crippen molar-refractivity contribution in [2.45, 2.75) is 17.4 Å². The smallest absolute Gasteiger partial charge is 0.0679 e. The highest BCUT2D eigenvalue weighted by atomic mass is 35.5. The number of likely N-dealkylation sites (tertiary alicyclic amines) is 1. The van der Waals surface area contributed by atoms with Crippen molar-refractivity contribution >= 4 is 35.0 Å². The van der Waals surface area contributed by atoms with Crippen molar-refractivity contribution in [3.63, 3.8) is 0 Å². The number of halogens is 2. The molecule has 94 valence electrons. The van der Waals surface area contributed by atoms with E-state index in [2.05, 4.69) is 4.90 Å². The molecular weight excluding hydrogens is 277 g/mol. The number of thioether (sulfide) groups is 1. The maximum Gasteiger partial charge on any atom is 0.0679 e. The van der Waals surface area contributed by atoms with Crippen LogP contribution in [0.5, 0.6) is 0 Å². The van der Waals surface area contributed by atoms with Gasteiger partial charge in [-0.1, -0.05) is 23.2 Å². The number of hydrogen-bond donors (Lipinski definition) is 1. The highest BCUT2D eigenvalue weighted by Crippen LogP contribution is 2.29. The van der Waals surface area contributed by atoms with Gasteiger partial charge in [0.25, 0.3) is 0 Å². The monoisotopic (exact) mass is 291 g/mol. The van der Waals surface area contributed by atoms with Crippen molar-refractivity contribution in [2.24, 2.45) is 0 Å². The number of hydrogen-bond acceptors (Lipinski definition) is 3. The van der Waals surface area contributed by atoms with E-state index in [1.165, 1.54) is 0 Å². The summed E-state index contributed by atoms with van der Waals surface area (Å²) in [4.78, 5) is 3.30. The van der Waals surface area contributed by atoms with Gasteiger partial charge in [-0.25, -0.2) is 0 Å². The van der Waals surface area contributed by atoms with Crippen molar-refractivity contribution < 1.29 is 5.11 Å². The van der Waals surface area contributed by atoms with Gasteiger partial charge in [-0.15, -0.1) is 11.8 Å². The molecule has 2 rings (SSSR count). The fourth-order valence-corrected chi connectivity index (χ4v) is 3.39. The lowest BCUT2D eigenvalue weighted by molar-refractivity contribution is 0.178. The molecule has 0 radical (unpaired) electrons. The first-order chi connectivity index (χ1) is 8.15. The molecule has 1 aliphatic heterocycles. The topological polar surface area (TPSA) is 23.5 Å². The van der Waals surface area contributed by atoms with Crippen LogP contribution in [0.15, 0.2) is 23.1 Å². The van der Waals surface area contributed by atoms with Crippen LogP contribution in [-0.2, 0) is 0 Å². The lowest BCUT2D eigenvalue weighted by Gasteiger charge is -2.14. The van der Waals surface area contributed by atoms with E-state index in [9.17, 15) is 5.11 Å². The Morgan fingerprint density at radius 3 is 2.94 bits per heavy atom. The highest BCUT2D eigenvalue weighted by molar-refractivity contribution is 7.99. The van der Waals surface area contributed by atoms with Crippen LogP contribution >= 0.6 is 35.0 Å². The molecule has 0 spiro atoms. The van der Waals surface area contributed by atoms with Crippen LogP contribution in [-0.4, -0.2) is 41.5 Å². The average Bonchev–Trinajstić information content (AvgIpc) is 2.69. The van der Waals surface area contributed by atoms with Gasteiger partial charge in [-0.2, -0.15) is 0 Å². The normalized spacial score (nSPS) is 21.0. The first kappa shape index (κ1) is 13.5. The average molecular weight is 292 g/mol. The summed E-state index contributed by atoms with van der Waals surface area (Å²) in [6, 6.07) is 5.52. The van der Waals surface area contributed by atoms with Gasteiger partial charge < -0.3 is 5.11 Å². The van der Waals surface area contributed by atoms with Crippen molar-refractivity contribution in [1.82, 2.24) is 4.90 Å². The minimum absolute atomic E-state index is 0.144. The molecule has 0 saturated carbocycles. The first-order valence-corrected chi connectivity index (χ1v) is 7.37. The Kier molecular flexibility index (Phi) is 5.00. The highest BCUT2D eigenvalue weighted by Gasteiger charge is 2.19. The maximum atomic E-state index is 9.41. The molecular formula is C12H15Cl2NOS. The Labute approximate surface area is 116 Å². The van der Waals surface area contributed by atoms with E-state index < -0.39 is 0 Å². The third-order valence-corrected chi connectivity index (χ3v) is 4.52. The zero-order valence-electron chi connectivity index (χ0n) is 9.40. The minimum Gasteiger partial charge on any atom is -0.392 e. The van der Waals surface area contributed by atoms with Crippen LogP contribution in [0.25, 0.3) is 0 Å². The molecule has 1 heterocycles. The summed E-state index contributed by atoms with van der Waals surface area (Å²) < 4.78 is 0. The van der Waals surface area contributed by atoms with Gasteiger partial charge in [-0.3, -0.25) is 4.90 Å². The summed E-state index contributed by atoms with van der Waals surface area (Å²) in [6.45, 7) is 2.76. The molecule has 0 aliphatic carbocycles. The molecule has 1 N–H and O–H groups in total. The lowest BCUT2D eigenvalue weighted by Crippen LogP contribution is -2.24. The summed E-state index contributed by atoms with van der Waals surface area (Å²) in [5, 5.41) is 10.9. The summed E-state index contributed by atoms with van der Waals surface area (Å²) in [5.74, 6) is 0.965. The van der Waals surface area contributed by atoms with E-state index in [-0.39, 0.29) is 6.10 Å². The molecule has 1 unspecified atom stereocenters. The number of aliphatic hydroxyl groups is 1. The quantitative estimate of drug-likeness (QED) is 0.862. The standard InChI is InChI=1S/C12H15Cl2NOS/c13-9-1-2-11(14)12(7-9)17-6-5-15-4-3-10(16)8-15/h1-2,7,10,16H,3-6,8H2. The van der Waals surface area contributed by atoms with Gasteiger partial charge in [0, 0.05) is 35.3 Å². The van der Waals surface area contributed by atoms with E-state index in [1.54, 1.807) is 17.8 Å². The second-order valence-corrected chi connectivity index (χ2v) is 6.15. The van der Waals surface area contributed by atoms with Crippen molar-refractivity contribution in [3.05, 3.63) is 28.2 Å². The van der Waals surface area contributed by atoms with Crippen molar-refractivity contribution in [1.29, 1.82) is 0 Å². The Hall–Kier alpha value is 0.0700. The molecule has 0 aromatic heterocycles. The largest absolute Gasteiger partial charge is 0.392 e. The van der Waals surface area contributed by atoms with E-state index in [0.717, 1.165) is 41.7 Å². The predicted molar refractivity (Wildman–Crippen MR) is 74.2 cm³/mol. The predicted octanol–water partition coefficient (Wildman–Crippen LogP) is 3.15. The Bertz CT molecular complexity index is 389. The molecule has 17 heavy (non-hydrogen) atoms. The Morgan fingerprint density at radius 2 is 2.24 bits per heavy atom. The molecule has 1 aromatic rings. The van der Waals surface area contributed by atoms with Gasteiger partial charge in [0.15, 0.2) is 0 Å². The van der Waals surface area contributed by atoms with Gasteiger partial charge in [-0.05, 0) is 24.6 Å². The zero-order chi connectivity index (χ0) is 12.3. The van der Waals surface area contributed by atoms with Crippen molar-refractivity contribution in [3.8, 4) is 0 Å².